The summed E-state index contributed by atoms with van der Waals surface area (Å²) in [4.78, 5) is 0.377. The van der Waals surface area contributed by atoms with Crippen LogP contribution >= 0.6 is 0 Å². The van der Waals surface area contributed by atoms with Gasteiger partial charge in [0.05, 0.1) is 4.90 Å². The molecule has 0 bridgehead atoms. The molecule has 0 amide bonds. The average Bonchev–Trinajstić information content (AvgIpc) is 2.76. The summed E-state index contributed by atoms with van der Waals surface area (Å²) in [5.41, 5.74) is 3.91. The zero-order chi connectivity index (χ0) is 20.3. The molecule has 0 spiro atoms. The predicted octanol–water partition coefficient (Wildman–Crippen LogP) is 4.83. The van der Waals surface area contributed by atoms with Gasteiger partial charge in [0, 0.05) is 13.1 Å². The van der Waals surface area contributed by atoms with E-state index in [2.05, 4.69) is 6.08 Å². The molecule has 1 aliphatic heterocycles. The van der Waals surface area contributed by atoms with Gasteiger partial charge in [0.1, 0.15) is 12.4 Å². The van der Waals surface area contributed by atoms with Crippen LogP contribution in [-0.2, 0) is 16.6 Å². The molecule has 3 aromatic carbocycles. The van der Waals surface area contributed by atoms with Crippen LogP contribution in [0.2, 0.25) is 0 Å². The normalized spacial score (nSPS) is 17.1. The first-order chi connectivity index (χ1) is 14.1. The standard InChI is InChI=1S/C24H23NO3S/c1-2-25-17-21(23-10-6-7-11-24(23)29(25,26)27)16-19-12-14-22(15-13-19)28-18-20-8-4-3-5-9-20/h3-16H,2,17-18H2,1H3/b21-16+. The number of fused-ring (bicyclic) bond motifs is 1. The van der Waals surface area contributed by atoms with Gasteiger partial charge in [-0.15, -0.1) is 0 Å². The summed E-state index contributed by atoms with van der Waals surface area (Å²) in [7, 11) is -3.43. The number of ether oxygens (including phenoxy) is 1. The number of sulfonamides is 1. The first-order valence-corrected chi connectivity index (χ1v) is 11.1. The highest BCUT2D eigenvalue weighted by atomic mass is 32.2. The second-order valence-electron chi connectivity index (χ2n) is 6.94. The van der Waals surface area contributed by atoms with Gasteiger partial charge in [-0.1, -0.05) is 67.6 Å². The van der Waals surface area contributed by atoms with Gasteiger partial charge < -0.3 is 4.74 Å². The van der Waals surface area contributed by atoms with Crippen LogP contribution in [0.4, 0.5) is 0 Å². The molecule has 3 aromatic rings. The molecule has 0 atom stereocenters. The fourth-order valence-corrected chi connectivity index (χ4v) is 5.12. The molecule has 1 aliphatic rings. The molecule has 0 radical (unpaired) electrons. The van der Waals surface area contributed by atoms with E-state index in [1.165, 1.54) is 4.31 Å². The lowest BCUT2D eigenvalue weighted by molar-refractivity contribution is 0.306. The van der Waals surface area contributed by atoms with Crippen molar-refractivity contribution in [2.45, 2.75) is 18.4 Å². The summed E-state index contributed by atoms with van der Waals surface area (Å²) >= 11 is 0. The summed E-state index contributed by atoms with van der Waals surface area (Å²) in [5, 5.41) is 0. The molecule has 4 nitrogen and oxygen atoms in total. The Bertz CT molecular complexity index is 1120. The molecule has 1 heterocycles. The molecular formula is C24H23NO3S. The van der Waals surface area contributed by atoms with Crippen LogP contribution in [0.15, 0.2) is 83.8 Å². The van der Waals surface area contributed by atoms with Crippen molar-refractivity contribution in [1.29, 1.82) is 0 Å². The summed E-state index contributed by atoms with van der Waals surface area (Å²) in [5.74, 6) is 0.804. The van der Waals surface area contributed by atoms with Gasteiger partial charge in [-0.05, 0) is 46.5 Å². The molecule has 0 aliphatic carbocycles. The molecule has 29 heavy (non-hydrogen) atoms. The van der Waals surface area contributed by atoms with E-state index in [0.29, 0.717) is 24.6 Å². The van der Waals surface area contributed by atoms with Crippen molar-refractivity contribution in [3.63, 3.8) is 0 Å². The van der Waals surface area contributed by atoms with Crippen LogP contribution in [0.5, 0.6) is 5.75 Å². The topological polar surface area (TPSA) is 46.6 Å². The van der Waals surface area contributed by atoms with Crippen LogP contribution in [0.3, 0.4) is 0 Å². The number of benzene rings is 3. The van der Waals surface area contributed by atoms with Crippen molar-refractivity contribution in [2.24, 2.45) is 0 Å². The Labute approximate surface area is 172 Å². The third-order valence-electron chi connectivity index (χ3n) is 5.02. The van der Waals surface area contributed by atoms with E-state index in [0.717, 1.165) is 28.0 Å². The van der Waals surface area contributed by atoms with Crippen molar-refractivity contribution in [3.05, 3.63) is 95.6 Å². The molecule has 148 valence electrons. The van der Waals surface area contributed by atoms with E-state index in [4.69, 9.17) is 4.74 Å². The highest BCUT2D eigenvalue weighted by molar-refractivity contribution is 7.89. The zero-order valence-corrected chi connectivity index (χ0v) is 17.1. The van der Waals surface area contributed by atoms with Gasteiger partial charge in [-0.3, -0.25) is 0 Å². The van der Waals surface area contributed by atoms with E-state index in [9.17, 15) is 8.42 Å². The predicted molar refractivity (Wildman–Crippen MR) is 116 cm³/mol. The molecular weight excluding hydrogens is 382 g/mol. The van der Waals surface area contributed by atoms with E-state index < -0.39 is 10.0 Å². The average molecular weight is 406 g/mol. The smallest absolute Gasteiger partial charge is 0.243 e. The summed E-state index contributed by atoms with van der Waals surface area (Å²) in [6.07, 6.45) is 2.05. The number of nitrogens with zero attached hydrogens (tertiary/aromatic N) is 1. The van der Waals surface area contributed by atoms with Gasteiger partial charge in [0.25, 0.3) is 0 Å². The lowest BCUT2D eigenvalue weighted by Crippen LogP contribution is -2.36. The van der Waals surface area contributed by atoms with Crippen molar-refractivity contribution in [1.82, 2.24) is 4.31 Å². The first-order valence-electron chi connectivity index (χ1n) is 9.65. The number of likely N-dealkylation sites (N-methyl/N-ethyl adjacent to an activating group) is 1. The second-order valence-corrected chi connectivity index (χ2v) is 8.85. The lowest BCUT2D eigenvalue weighted by Gasteiger charge is -2.29. The minimum absolute atomic E-state index is 0.377. The number of hydrogen-bond acceptors (Lipinski definition) is 3. The van der Waals surface area contributed by atoms with Crippen LogP contribution < -0.4 is 4.74 Å². The van der Waals surface area contributed by atoms with Gasteiger partial charge in [-0.25, -0.2) is 8.42 Å². The van der Waals surface area contributed by atoms with E-state index in [-0.39, 0.29) is 0 Å². The fraction of sp³-hybridized carbons (Fsp3) is 0.167. The third kappa shape index (κ3) is 4.11. The highest BCUT2D eigenvalue weighted by Gasteiger charge is 2.32. The molecule has 0 saturated heterocycles. The quantitative estimate of drug-likeness (QED) is 0.611. The van der Waals surface area contributed by atoms with Crippen LogP contribution in [0.1, 0.15) is 23.6 Å². The Morgan fingerprint density at radius 3 is 2.34 bits per heavy atom. The Kier molecular flexibility index (Phi) is 5.51. The fourth-order valence-electron chi connectivity index (χ4n) is 3.46. The molecule has 0 aromatic heterocycles. The molecule has 5 heteroatoms. The summed E-state index contributed by atoms with van der Waals surface area (Å²) < 4.78 is 32.9. The number of hydrogen-bond donors (Lipinski definition) is 0. The minimum Gasteiger partial charge on any atom is -0.489 e. The van der Waals surface area contributed by atoms with Gasteiger partial charge in [0.15, 0.2) is 0 Å². The third-order valence-corrected chi connectivity index (χ3v) is 7.00. The molecule has 0 fully saturated rings. The van der Waals surface area contributed by atoms with Gasteiger partial charge in [0.2, 0.25) is 10.0 Å². The molecule has 0 saturated carbocycles. The maximum absolute atomic E-state index is 12.7. The Morgan fingerprint density at radius 2 is 1.62 bits per heavy atom. The Hall–Kier alpha value is -2.89. The lowest BCUT2D eigenvalue weighted by atomic mass is 10.0. The molecule has 0 unspecified atom stereocenters. The summed E-state index contributed by atoms with van der Waals surface area (Å²) in [6.45, 7) is 3.21. The van der Waals surface area contributed by atoms with Crippen LogP contribution in [0.25, 0.3) is 11.6 Å². The van der Waals surface area contributed by atoms with E-state index >= 15 is 0 Å². The van der Waals surface area contributed by atoms with E-state index in [1.807, 2.05) is 73.7 Å². The SMILES string of the molecule is CCN1C/C(=C\c2ccc(OCc3ccccc3)cc2)c2ccccc2S1(=O)=O. The molecule has 0 N–H and O–H groups in total. The first kappa shape index (κ1) is 19.4. The van der Waals surface area contributed by atoms with Crippen molar-refractivity contribution in [3.8, 4) is 5.75 Å². The van der Waals surface area contributed by atoms with Crippen molar-refractivity contribution < 1.29 is 13.2 Å². The van der Waals surface area contributed by atoms with Crippen molar-refractivity contribution >= 4 is 21.7 Å². The largest absolute Gasteiger partial charge is 0.489 e. The van der Waals surface area contributed by atoms with Gasteiger partial charge >= 0.3 is 0 Å². The number of rotatable bonds is 5. The Morgan fingerprint density at radius 1 is 0.931 bits per heavy atom. The second kappa shape index (κ2) is 8.23. The van der Waals surface area contributed by atoms with Crippen LogP contribution in [0, 0.1) is 0 Å². The zero-order valence-electron chi connectivity index (χ0n) is 16.3. The van der Waals surface area contributed by atoms with E-state index in [1.54, 1.807) is 12.1 Å². The monoisotopic (exact) mass is 405 g/mol. The Balaban J connectivity index is 1.57. The van der Waals surface area contributed by atoms with Crippen molar-refractivity contribution in [2.75, 3.05) is 13.1 Å². The van der Waals surface area contributed by atoms with Crippen LogP contribution in [-0.4, -0.2) is 25.8 Å². The molecule has 4 rings (SSSR count). The highest BCUT2D eigenvalue weighted by Crippen LogP contribution is 2.34. The van der Waals surface area contributed by atoms with Gasteiger partial charge in [-0.2, -0.15) is 4.31 Å². The minimum atomic E-state index is -3.43. The maximum atomic E-state index is 12.7. The summed E-state index contributed by atoms with van der Waals surface area (Å²) in [6, 6.07) is 25.1. The maximum Gasteiger partial charge on any atom is 0.243 e.